The largest absolute Gasteiger partial charge is 0.496 e. The van der Waals surface area contributed by atoms with Crippen molar-refractivity contribution < 1.29 is 9.47 Å². The van der Waals surface area contributed by atoms with Crippen LogP contribution in [0.25, 0.3) is 21.5 Å². The zero-order chi connectivity index (χ0) is 23.2. The van der Waals surface area contributed by atoms with Gasteiger partial charge >= 0.3 is 0 Å². The Morgan fingerprint density at radius 2 is 1.35 bits per heavy atom. The minimum absolute atomic E-state index is 0.481. The quantitative estimate of drug-likeness (QED) is 0.213. The Bertz CT molecular complexity index is 1450. The molecule has 4 heteroatoms. The molecule has 5 aromatic carbocycles. The average molecular weight is 447 g/mol. The molecule has 4 nitrogen and oxygen atoms in total. The molecule has 0 amide bonds. The highest BCUT2D eigenvalue weighted by Crippen LogP contribution is 2.28. The SMILES string of the molecule is COc1ccccc1CN/N=C/c1c(OCc2cccc3ccccc23)ccc2ccccc12. The van der Waals surface area contributed by atoms with Crippen molar-refractivity contribution in [1.82, 2.24) is 5.43 Å². The highest BCUT2D eigenvalue weighted by Gasteiger charge is 2.09. The molecule has 0 saturated heterocycles. The van der Waals surface area contributed by atoms with Crippen LogP contribution in [-0.4, -0.2) is 13.3 Å². The first kappa shape index (κ1) is 21.5. The number of para-hydroxylation sites is 1. The van der Waals surface area contributed by atoms with Crippen LogP contribution in [0.2, 0.25) is 0 Å². The van der Waals surface area contributed by atoms with E-state index >= 15 is 0 Å². The fraction of sp³-hybridized carbons (Fsp3) is 0.100. The molecule has 0 radical (unpaired) electrons. The fourth-order valence-corrected chi connectivity index (χ4v) is 4.20. The van der Waals surface area contributed by atoms with Crippen LogP contribution in [0.5, 0.6) is 11.5 Å². The molecule has 0 atom stereocenters. The molecule has 34 heavy (non-hydrogen) atoms. The zero-order valence-corrected chi connectivity index (χ0v) is 19.1. The van der Waals surface area contributed by atoms with E-state index < -0.39 is 0 Å². The van der Waals surface area contributed by atoms with Gasteiger partial charge in [-0.3, -0.25) is 0 Å². The van der Waals surface area contributed by atoms with E-state index in [4.69, 9.17) is 9.47 Å². The number of ether oxygens (including phenoxy) is 2. The van der Waals surface area contributed by atoms with E-state index in [1.807, 2.05) is 48.7 Å². The van der Waals surface area contributed by atoms with Gasteiger partial charge in [-0.25, -0.2) is 0 Å². The first-order valence-corrected chi connectivity index (χ1v) is 11.3. The van der Waals surface area contributed by atoms with Crippen molar-refractivity contribution >= 4 is 27.8 Å². The van der Waals surface area contributed by atoms with E-state index in [-0.39, 0.29) is 0 Å². The lowest BCUT2D eigenvalue weighted by molar-refractivity contribution is 0.307. The van der Waals surface area contributed by atoms with Gasteiger partial charge in [0.25, 0.3) is 0 Å². The molecule has 0 unspecified atom stereocenters. The monoisotopic (exact) mass is 446 g/mol. The predicted octanol–water partition coefficient (Wildman–Crippen LogP) is 6.70. The van der Waals surface area contributed by atoms with Gasteiger partial charge in [-0.15, -0.1) is 0 Å². The summed E-state index contributed by atoms with van der Waals surface area (Å²) >= 11 is 0. The van der Waals surface area contributed by atoms with Gasteiger partial charge in [0, 0.05) is 11.1 Å². The lowest BCUT2D eigenvalue weighted by atomic mass is 10.0. The Kier molecular flexibility index (Phi) is 6.39. The molecule has 0 aromatic heterocycles. The van der Waals surface area contributed by atoms with Crippen molar-refractivity contribution in [2.24, 2.45) is 5.10 Å². The summed E-state index contributed by atoms with van der Waals surface area (Å²) < 4.78 is 11.8. The molecule has 0 aliphatic rings. The van der Waals surface area contributed by atoms with Crippen molar-refractivity contribution in [2.45, 2.75) is 13.2 Å². The summed E-state index contributed by atoms with van der Waals surface area (Å²) in [6.45, 7) is 1.05. The van der Waals surface area contributed by atoms with Crippen LogP contribution in [0.4, 0.5) is 0 Å². The Hall–Kier alpha value is -4.31. The van der Waals surface area contributed by atoms with Gasteiger partial charge in [0.1, 0.15) is 18.1 Å². The molecule has 5 rings (SSSR count). The maximum atomic E-state index is 6.35. The van der Waals surface area contributed by atoms with Crippen molar-refractivity contribution in [1.29, 1.82) is 0 Å². The third-order valence-corrected chi connectivity index (χ3v) is 5.94. The summed E-state index contributed by atoms with van der Waals surface area (Å²) in [7, 11) is 1.68. The Morgan fingerprint density at radius 3 is 2.21 bits per heavy atom. The number of hydrogen-bond donors (Lipinski definition) is 1. The van der Waals surface area contributed by atoms with Crippen LogP contribution in [0.3, 0.4) is 0 Å². The molecular weight excluding hydrogens is 420 g/mol. The number of rotatable bonds is 8. The topological polar surface area (TPSA) is 42.8 Å². The second-order valence-electron chi connectivity index (χ2n) is 8.03. The van der Waals surface area contributed by atoms with E-state index in [2.05, 4.69) is 71.2 Å². The molecule has 1 N–H and O–H groups in total. The normalized spacial score (nSPS) is 11.2. The Balaban J connectivity index is 1.40. The molecule has 168 valence electrons. The van der Waals surface area contributed by atoms with Gasteiger partial charge in [-0.2, -0.15) is 5.10 Å². The maximum absolute atomic E-state index is 6.35. The van der Waals surface area contributed by atoms with Gasteiger partial charge in [0.15, 0.2) is 0 Å². The molecule has 5 aromatic rings. The standard InChI is InChI=1S/C30H26N2O2/c1-33-29-16-7-4-11-24(29)19-31-32-20-28-27-15-6-3-10-23(27)17-18-30(28)34-21-25-13-8-12-22-9-2-5-14-26(22)25/h2-18,20,31H,19,21H2,1H3/b32-20+. The maximum Gasteiger partial charge on any atom is 0.129 e. The average Bonchev–Trinajstić information content (AvgIpc) is 2.90. The van der Waals surface area contributed by atoms with Crippen LogP contribution >= 0.6 is 0 Å². The van der Waals surface area contributed by atoms with Crippen LogP contribution in [0.15, 0.2) is 108 Å². The Labute approximate surface area is 199 Å². The molecule has 0 aliphatic heterocycles. The van der Waals surface area contributed by atoms with E-state index in [1.54, 1.807) is 7.11 Å². The highest BCUT2D eigenvalue weighted by molar-refractivity contribution is 6.02. The second-order valence-corrected chi connectivity index (χ2v) is 8.03. The lowest BCUT2D eigenvalue weighted by Crippen LogP contribution is -2.07. The summed E-state index contributed by atoms with van der Waals surface area (Å²) in [6.07, 6.45) is 1.84. The molecule has 0 aliphatic carbocycles. The lowest BCUT2D eigenvalue weighted by Gasteiger charge is -2.13. The van der Waals surface area contributed by atoms with Gasteiger partial charge in [0.05, 0.1) is 19.9 Å². The van der Waals surface area contributed by atoms with E-state index in [1.165, 1.54) is 10.8 Å². The third-order valence-electron chi connectivity index (χ3n) is 5.94. The number of benzene rings is 5. The number of nitrogens with zero attached hydrogens (tertiary/aromatic N) is 1. The van der Waals surface area contributed by atoms with Gasteiger partial charge in [-0.05, 0) is 39.2 Å². The van der Waals surface area contributed by atoms with E-state index in [9.17, 15) is 0 Å². The molecule has 0 heterocycles. The summed E-state index contributed by atoms with van der Waals surface area (Å²) in [5.74, 6) is 1.64. The summed E-state index contributed by atoms with van der Waals surface area (Å²) in [6, 6.07) is 35.0. The summed E-state index contributed by atoms with van der Waals surface area (Å²) in [5, 5.41) is 9.18. The number of fused-ring (bicyclic) bond motifs is 2. The summed E-state index contributed by atoms with van der Waals surface area (Å²) in [5.41, 5.74) is 6.30. The number of methoxy groups -OCH3 is 1. The molecular formula is C30H26N2O2. The van der Waals surface area contributed by atoms with Crippen LogP contribution in [0, 0.1) is 0 Å². The van der Waals surface area contributed by atoms with Gasteiger partial charge in [-0.1, -0.05) is 91.0 Å². The van der Waals surface area contributed by atoms with Crippen LogP contribution in [0.1, 0.15) is 16.7 Å². The predicted molar refractivity (Wildman–Crippen MR) is 140 cm³/mol. The third kappa shape index (κ3) is 4.57. The van der Waals surface area contributed by atoms with E-state index in [0.717, 1.165) is 39.0 Å². The van der Waals surface area contributed by atoms with Crippen molar-refractivity contribution in [3.63, 3.8) is 0 Å². The minimum atomic E-state index is 0.481. The first-order chi connectivity index (χ1) is 16.8. The van der Waals surface area contributed by atoms with Gasteiger partial charge in [0.2, 0.25) is 0 Å². The first-order valence-electron chi connectivity index (χ1n) is 11.3. The summed E-state index contributed by atoms with van der Waals surface area (Å²) in [4.78, 5) is 0. The van der Waals surface area contributed by atoms with Crippen LogP contribution in [-0.2, 0) is 13.2 Å². The van der Waals surface area contributed by atoms with E-state index in [0.29, 0.717) is 13.2 Å². The molecule has 0 spiro atoms. The molecule has 0 bridgehead atoms. The zero-order valence-electron chi connectivity index (χ0n) is 19.1. The number of hydrogen-bond acceptors (Lipinski definition) is 4. The fourth-order valence-electron chi connectivity index (χ4n) is 4.20. The van der Waals surface area contributed by atoms with Crippen molar-refractivity contribution in [3.8, 4) is 11.5 Å². The second kappa shape index (κ2) is 10.1. The minimum Gasteiger partial charge on any atom is -0.496 e. The molecule has 0 fully saturated rings. The van der Waals surface area contributed by atoms with Crippen molar-refractivity contribution in [3.05, 3.63) is 120 Å². The number of nitrogens with one attached hydrogen (secondary N) is 1. The highest BCUT2D eigenvalue weighted by atomic mass is 16.5. The molecule has 0 saturated carbocycles. The van der Waals surface area contributed by atoms with Crippen LogP contribution < -0.4 is 14.9 Å². The van der Waals surface area contributed by atoms with Crippen molar-refractivity contribution in [2.75, 3.05) is 7.11 Å². The number of hydrazone groups is 1. The Morgan fingerprint density at radius 1 is 0.676 bits per heavy atom. The van der Waals surface area contributed by atoms with Gasteiger partial charge < -0.3 is 14.9 Å². The smallest absolute Gasteiger partial charge is 0.129 e.